The number of nitrogens with zero attached hydrogens (tertiary/aromatic N) is 1. The topological polar surface area (TPSA) is 66.6 Å². The highest BCUT2D eigenvalue weighted by molar-refractivity contribution is 5.82. The first-order chi connectivity index (χ1) is 10.1. The van der Waals surface area contributed by atoms with Crippen molar-refractivity contribution in [2.24, 2.45) is 11.7 Å². The number of phenolic OH excluding ortho intramolecular Hbond substituents is 1. The Kier molecular flexibility index (Phi) is 4.15. The van der Waals surface area contributed by atoms with Crippen LogP contribution in [0.5, 0.6) is 5.75 Å². The number of hydrogen-bond donors (Lipinski definition) is 2. The maximum atomic E-state index is 12.7. The van der Waals surface area contributed by atoms with Crippen LogP contribution in [0.25, 0.3) is 0 Å². The van der Waals surface area contributed by atoms with Crippen LogP contribution in [0.4, 0.5) is 0 Å². The Morgan fingerprint density at radius 3 is 2.71 bits per heavy atom. The van der Waals surface area contributed by atoms with E-state index in [-0.39, 0.29) is 11.7 Å². The molecule has 2 aliphatic rings. The summed E-state index contributed by atoms with van der Waals surface area (Å²) in [5.41, 5.74) is 7.14. The third-order valence-corrected chi connectivity index (χ3v) is 4.99. The van der Waals surface area contributed by atoms with Crippen LogP contribution in [0, 0.1) is 5.92 Å². The highest BCUT2D eigenvalue weighted by atomic mass is 16.3. The molecule has 2 unspecified atom stereocenters. The molecular formula is C17H24N2O2. The van der Waals surface area contributed by atoms with Crippen LogP contribution in [0.2, 0.25) is 0 Å². The minimum atomic E-state index is -0.478. The average molecular weight is 288 g/mol. The molecule has 1 aliphatic carbocycles. The third-order valence-electron chi connectivity index (χ3n) is 4.99. The van der Waals surface area contributed by atoms with Crippen LogP contribution in [-0.4, -0.2) is 34.5 Å². The maximum absolute atomic E-state index is 12.7. The van der Waals surface area contributed by atoms with Crippen LogP contribution in [0.15, 0.2) is 24.3 Å². The molecule has 1 amide bonds. The van der Waals surface area contributed by atoms with Crippen molar-refractivity contribution in [3.63, 3.8) is 0 Å². The van der Waals surface area contributed by atoms with Gasteiger partial charge in [0.1, 0.15) is 5.75 Å². The van der Waals surface area contributed by atoms with Gasteiger partial charge in [-0.3, -0.25) is 4.79 Å². The smallest absolute Gasteiger partial charge is 0.240 e. The first-order valence-electron chi connectivity index (χ1n) is 7.99. The number of likely N-dealkylation sites (tertiary alicyclic amines) is 1. The third kappa shape index (κ3) is 3.05. The molecule has 1 aliphatic heterocycles. The van der Waals surface area contributed by atoms with Gasteiger partial charge in [-0.15, -0.1) is 0 Å². The fourth-order valence-electron chi connectivity index (χ4n) is 3.91. The second kappa shape index (κ2) is 6.06. The molecule has 0 spiro atoms. The molecule has 114 valence electrons. The van der Waals surface area contributed by atoms with Gasteiger partial charge in [-0.25, -0.2) is 0 Å². The summed E-state index contributed by atoms with van der Waals surface area (Å²) in [5.74, 6) is 1.03. The zero-order valence-electron chi connectivity index (χ0n) is 12.4. The Balaban J connectivity index is 1.65. The van der Waals surface area contributed by atoms with E-state index in [1.165, 1.54) is 19.3 Å². The van der Waals surface area contributed by atoms with Gasteiger partial charge in [0.2, 0.25) is 5.91 Å². The van der Waals surface area contributed by atoms with Crippen LogP contribution in [0.1, 0.15) is 37.7 Å². The van der Waals surface area contributed by atoms with E-state index in [9.17, 15) is 9.90 Å². The molecule has 1 aromatic rings. The van der Waals surface area contributed by atoms with Crippen LogP contribution in [-0.2, 0) is 11.2 Å². The first-order valence-corrected chi connectivity index (χ1v) is 7.99. The molecule has 1 saturated carbocycles. The minimum Gasteiger partial charge on any atom is -0.508 e. The molecule has 3 atom stereocenters. The highest BCUT2D eigenvalue weighted by Crippen LogP contribution is 2.37. The van der Waals surface area contributed by atoms with Gasteiger partial charge in [-0.1, -0.05) is 18.6 Å². The first kappa shape index (κ1) is 14.4. The number of benzene rings is 1. The van der Waals surface area contributed by atoms with E-state index in [0.29, 0.717) is 18.4 Å². The average Bonchev–Trinajstić information content (AvgIpc) is 2.97. The molecule has 0 bridgehead atoms. The lowest BCUT2D eigenvalue weighted by Gasteiger charge is -2.39. The van der Waals surface area contributed by atoms with Gasteiger partial charge in [0.25, 0.3) is 0 Å². The van der Waals surface area contributed by atoms with Gasteiger partial charge >= 0.3 is 0 Å². The monoisotopic (exact) mass is 288 g/mol. The Labute approximate surface area is 125 Å². The van der Waals surface area contributed by atoms with Gasteiger partial charge in [-0.05, 0) is 55.7 Å². The van der Waals surface area contributed by atoms with Gasteiger partial charge in [-0.2, -0.15) is 0 Å². The number of piperidine rings is 1. The minimum absolute atomic E-state index is 0.0969. The van der Waals surface area contributed by atoms with Crippen molar-refractivity contribution in [2.75, 3.05) is 6.54 Å². The Hall–Kier alpha value is -1.55. The van der Waals surface area contributed by atoms with Crippen molar-refractivity contribution in [3.8, 4) is 5.75 Å². The molecule has 1 aromatic carbocycles. The molecule has 1 saturated heterocycles. The molecule has 3 rings (SSSR count). The lowest BCUT2D eigenvalue weighted by atomic mass is 9.91. The number of fused-ring (bicyclic) bond motifs is 1. The predicted molar refractivity (Wildman–Crippen MR) is 81.9 cm³/mol. The number of phenols is 1. The van der Waals surface area contributed by atoms with Crippen molar-refractivity contribution < 1.29 is 9.90 Å². The number of carbonyl (C=O) groups excluding carboxylic acids is 1. The van der Waals surface area contributed by atoms with E-state index >= 15 is 0 Å². The fourth-order valence-corrected chi connectivity index (χ4v) is 3.91. The van der Waals surface area contributed by atoms with E-state index in [2.05, 4.69) is 0 Å². The second-order valence-corrected chi connectivity index (χ2v) is 6.41. The Bertz CT molecular complexity index is 500. The van der Waals surface area contributed by atoms with Gasteiger partial charge < -0.3 is 15.7 Å². The van der Waals surface area contributed by atoms with Gasteiger partial charge in [0, 0.05) is 12.6 Å². The summed E-state index contributed by atoms with van der Waals surface area (Å²) in [7, 11) is 0. The Morgan fingerprint density at radius 1 is 1.24 bits per heavy atom. The van der Waals surface area contributed by atoms with Gasteiger partial charge in [0.05, 0.1) is 6.04 Å². The second-order valence-electron chi connectivity index (χ2n) is 6.41. The summed E-state index contributed by atoms with van der Waals surface area (Å²) >= 11 is 0. The standard InChI is InChI=1S/C17H24N2O2/c18-15(11-12-6-8-14(20)9-7-12)17(21)19-10-2-4-13-3-1-5-16(13)19/h6-9,13,15-16,20H,1-5,10-11,18H2/t13?,15-,16?/m0/s1. The van der Waals surface area contributed by atoms with Crippen molar-refractivity contribution in [3.05, 3.63) is 29.8 Å². The van der Waals surface area contributed by atoms with E-state index in [0.717, 1.165) is 24.9 Å². The number of aromatic hydroxyl groups is 1. The molecule has 21 heavy (non-hydrogen) atoms. The fraction of sp³-hybridized carbons (Fsp3) is 0.588. The van der Waals surface area contributed by atoms with Crippen molar-refractivity contribution in [2.45, 2.75) is 50.6 Å². The molecule has 4 nitrogen and oxygen atoms in total. The molecule has 0 aromatic heterocycles. The van der Waals surface area contributed by atoms with E-state index in [4.69, 9.17) is 5.73 Å². The number of hydrogen-bond acceptors (Lipinski definition) is 3. The number of carbonyl (C=O) groups is 1. The van der Waals surface area contributed by atoms with E-state index in [1.807, 2.05) is 17.0 Å². The molecule has 4 heteroatoms. The van der Waals surface area contributed by atoms with Crippen molar-refractivity contribution in [1.29, 1.82) is 0 Å². The molecule has 2 fully saturated rings. The molecule has 0 radical (unpaired) electrons. The molecular weight excluding hydrogens is 264 g/mol. The normalized spacial score (nSPS) is 26.4. The summed E-state index contributed by atoms with van der Waals surface area (Å²) in [6.07, 6.45) is 6.56. The van der Waals surface area contributed by atoms with E-state index < -0.39 is 6.04 Å². The highest BCUT2D eigenvalue weighted by Gasteiger charge is 2.38. The summed E-state index contributed by atoms with van der Waals surface area (Å²) in [5, 5.41) is 9.30. The number of nitrogens with two attached hydrogens (primary N) is 1. The zero-order chi connectivity index (χ0) is 14.8. The zero-order valence-corrected chi connectivity index (χ0v) is 12.4. The molecule has 1 heterocycles. The van der Waals surface area contributed by atoms with E-state index in [1.54, 1.807) is 12.1 Å². The number of amides is 1. The molecule has 3 N–H and O–H groups in total. The Morgan fingerprint density at radius 2 is 1.95 bits per heavy atom. The maximum Gasteiger partial charge on any atom is 0.240 e. The lowest BCUT2D eigenvalue weighted by Crippen LogP contribution is -2.52. The van der Waals surface area contributed by atoms with Crippen LogP contribution >= 0.6 is 0 Å². The quantitative estimate of drug-likeness (QED) is 0.894. The predicted octanol–water partition coefficient (Wildman–Crippen LogP) is 2.05. The SMILES string of the molecule is N[C@@H](Cc1ccc(O)cc1)C(=O)N1CCCC2CCCC21. The van der Waals surface area contributed by atoms with Crippen molar-refractivity contribution in [1.82, 2.24) is 4.90 Å². The van der Waals surface area contributed by atoms with Crippen LogP contribution in [0.3, 0.4) is 0 Å². The summed E-state index contributed by atoms with van der Waals surface area (Å²) in [6.45, 7) is 0.864. The van der Waals surface area contributed by atoms with Gasteiger partial charge in [0.15, 0.2) is 0 Å². The largest absolute Gasteiger partial charge is 0.508 e. The van der Waals surface area contributed by atoms with Crippen LogP contribution < -0.4 is 5.73 Å². The lowest BCUT2D eigenvalue weighted by molar-refractivity contribution is -0.137. The summed E-state index contributed by atoms with van der Waals surface area (Å²) in [4.78, 5) is 14.7. The summed E-state index contributed by atoms with van der Waals surface area (Å²) in [6, 6.07) is 6.89. The number of rotatable bonds is 3. The van der Waals surface area contributed by atoms with Crippen molar-refractivity contribution >= 4 is 5.91 Å². The summed E-state index contributed by atoms with van der Waals surface area (Å²) < 4.78 is 0.